The summed E-state index contributed by atoms with van der Waals surface area (Å²) in [5, 5.41) is 9.54. The number of aromatic hydroxyl groups is 1. The van der Waals surface area contributed by atoms with E-state index in [1.165, 1.54) is 6.26 Å². The maximum atomic E-state index is 13.3. The second-order valence-electron chi connectivity index (χ2n) is 7.90. The van der Waals surface area contributed by atoms with Crippen molar-refractivity contribution < 1.29 is 34.1 Å². The van der Waals surface area contributed by atoms with Crippen LogP contribution in [0.4, 0.5) is 5.69 Å². The predicted octanol–water partition coefficient (Wildman–Crippen LogP) is 3.27. The molecule has 0 bridgehead atoms. The van der Waals surface area contributed by atoms with Crippen LogP contribution in [-0.2, 0) is 35.5 Å². The number of aliphatic imine (C=N–C) groups is 1. The van der Waals surface area contributed by atoms with Crippen LogP contribution >= 0.6 is 0 Å². The van der Waals surface area contributed by atoms with Crippen LogP contribution in [0.2, 0.25) is 0 Å². The molecule has 5 nitrogen and oxygen atoms in total. The summed E-state index contributed by atoms with van der Waals surface area (Å²) in [6.45, 7) is 1.34. The number of hydrogen-bond donors (Lipinski definition) is 1. The molecule has 0 aromatic heterocycles. The van der Waals surface area contributed by atoms with Gasteiger partial charge in [0.25, 0.3) is 0 Å². The van der Waals surface area contributed by atoms with Crippen molar-refractivity contribution in [2.75, 3.05) is 18.1 Å². The molecule has 3 aromatic rings. The molecule has 3 aromatic carbocycles. The Morgan fingerprint density at radius 1 is 0.903 bits per heavy atom. The number of phenolic OH excluding ortho intramolecular Hbond substituents is 1. The Labute approximate surface area is 193 Å². The van der Waals surface area contributed by atoms with Gasteiger partial charge in [-0.1, -0.05) is 0 Å². The molecule has 0 saturated carbocycles. The maximum absolute atomic E-state index is 13.3. The van der Waals surface area contributed by atoms with Gasteiger partial charge in [-0.3, -0.25) is 0 Å². The van der Waals surface area contributed by atoms with E-state index >= 15 is 0 Å². The van der Waals surface area contributed by atoms with E-state index in [1.807, 2.05) is 41.3 Å². The van der Waals surface area contributed by atoms with Gasteiger partial charge in [0.15, 0.2) is 0 Å². The van der Waals surface area contributed by atoms with E-state index in [4.69, 9.17) is 4.99 Å². The number of para-hydroxylation sites is 1. The average Bonchev–Trinajstić information content (AvgIpc) is 3.12. The Kier molecular flexibility index (Phi) is 5.59. The quantitative estimate of drug-likeness (QED) is 0.539. The predicted molar refractivity (Wildman–Crippen MR) is 118 cm³/mol. The monoisotopic (exact) mass is 509 g/mol. The molecular weight excluding hydrogens is 487 g/mol. The topological polar surface area (TPSA) is 56.1 Å². The van der Waals surface area contributed by atoms with Crippen LogP contribution in [0.1, 0.15) is 5.56 Å². The van der Waals surface area contributed by atoms with Crippen LogP contribution in [0.5, 0.6) is 5.75 Å². The normalized spacial score (nSPS) is 15.6. The minimum atomic E-state index is -1.53. The summed E-state index contributed by atoms with van der Waals surface area (Å²) in [5.41, 5.74) is 2.67. The van der Waals surface area contributed by atoms with Crippen molar-refractivity contribution in [2.45, 2.75) is 6.42 Å². The zero-order valence-electron chi connectivity index (χ0n) is 17.1. The molecule has 5 rings (SSSR count). The van der Waals surface area contributed by atoms with Crippen LogP contribution in [0.25, 0.3) is 0 Å². The Bertz CT molecular complexity index is 1160. The Balaban J connectivity index is 1.49. The summed E-state index contributed by atoms with van der Waals surface area (Å²) in [7, 11) is 0. The molecule has 150 valence electrons. The number of anilines is 1. The summed E-state index contributed by atoms with van der Waals surface area (Å²) in [5.74, 6) is 1.09. The number of hydrogen-bond acceptors (Lipinski definition) is 4. The molecular formula is C25H21CdN3O2. The number of benzene rings is 3. The Morgan fingerprint density at radius 2 is 1.58 bits per heavy atom. The number of fused-ring (bicyclic) bond motifs is 1. The summed E-state index contributed by atoms with van der Waals surface area (Å²) in [6, 6.07) is 27.9. The van der Waals surface area contributed by atoms with E-state index in [9.17, 15) is 9.90 Å². The van der Waals surface area contributed by atoms with E-state index < -0.39 is 24.2 Å². The standard InChI is InChI=1S/C19H16N3O2.C6H5.Cd/c23-16-8-6-14(7-9-16)12-17-19(24)22-13-21(11-10-18(22)20-17)15-4-2-1-3-5-15;1-2-4-6-5-3-1;/h1-9,23H,11-13H2;1-5H;. The zero-order chi connectivity index (χ0) is 21.2. The molecule has 1 amide bonds. The molecule has 0 radical (unpaired) electrons. The molecule has 2 aliphatic heterocycles. The van der Waals surface area contributed by atoms with Gasteiger partial charge in [0, 0.05) is 0 Å². The van der Waals surface area contributed by atoms with Gasteiger partial charge < -0.3 is 0 Å². The number of nitrogens with zero attached hydrogens (tertiary/aromatic N) is 3. The average molecular weight is 508 g/mol. The first-order chi connectivity index (χ1) is 15.2. The van der Waals surface area contributed by atoms with Gasteiger partial charge in [-0.15, -0.1) is 0 Å². The van der Waals surface area contributed by atoms with Crippen LogP contribution in [0, 0.1) is 0 Å². The van der Waals surface area contributed by atoms with Crippen LogP contribution < -0.4 is 8.02 Å². The molecule has 0 fully saturated rings. The van der Waals surface area contributed by atoms with E-state index in [0.717, 1.165) is 23.6 Å². The van der Waals surface area contributed by atoms with Crippen molar-refractivity contribution in [2.24, 2.45) is 4.99 Å². The van der Waals surface area contributed by atoms with Crippen LogP contribution in [-0.4, -0.2) is 34.8 Å². The zero-order valence-corrected chi connectivity index (χ0v) is 21.1. The summed E-state index contributed by atoms with van der Waals surface area (Å²) in [6.07, 6.45) is 0.471. The number of amides is 1. The van der Waals surface area contributed by atoms with Gasteiger partial charge in [0.05, 0.1) is 0 Å². The number of phenols is 1. The second kappa shape index (κ2) is 8.66. The molecule has 0 spiro atoms. The van der Waals surface area contributed by atoms with Gasteiger partial charge >= 0.3 is 194 Å². The van der Waals surface area contributed by atoms with Gasteiger partial charge in [-0.05, 0) is 0 Å². The fraction of sp³-hybridized carbons (Fsp3) is 0.120. The van der Waals surface area contributed by atoms with Crippen molar-refractivity contribution >= 4 is 20.4 Å². The fourth-order valence-corrected chi connectivity index (χ4v) is 9.29. The molecule has 0 unspecified atom stereocenters. The third kappa shape index (κ3) is 4.27. The molecule has 31 heavy (non-hydrogen) atoms. The third-order valence-electron chi connectivity index (χ3n) is 5.69. The fourth-order valence-electron chi connectivity index (χ4n) is 4.12. The summed E-state index contributed by atoms with van der Waals surface area (Å²) >= 11 is -1.53. The summed E-state index contributed by atoms with van der Waals surface area (Å²) < 4.78 is 2.76. The molecule has 2 aliphatic rings. The van der Waals surface area contributed by atoms with Crippen LogP contribution in [0.3, 0.4) is 0 Å². The van der Waals surface area contributed by atoms with Gasteiger partial charge in [-0.2, -0.15) is 0 Å². The minimum absolute atomic E-state index is 0.0134. The Morgan fingerprint density at radius 3 is 2.29 bits per heavy atom. The Hall–Kier alpha value is -2.94. The van der Waals surface area contributed by atoms with Crippen molar-refractivity contribution in [3.05, 3.63) is 99.4 Å². The number of carbonyl (C=O) groups excluding carboxylic acids is 1. The van der Waals surface area contributed by atoms with Crippen LogP contribution in [0.15, 0.2) is 98.9 Å². The molecule has 0 saturated heterocycles. The number of rotatable bonds is 5. The molecule has 2 heterocycles. The molecule has 0 aliphatic carbocycles. The first-order valence-electron chi connectivity index (χ1n) is 10.4. The van der Waals surface area contributed by atoms with Gasteiger partial charge in [0.2, 0.25) is 0 Å². The van der Waals surface area contributed by atoms with Crippen molar-refractivity contribution in [3.63, 3.8) is 0 Å². The molecule has 0 atom stereocenters. The van der Waals surface area contributed by atoms with Crippen molar-refractivity contribution in [3.8, 4) is 5.75 Å². The van der Waals surface area contributed by atoms with E-state index in [1.54, 1.807) is 12.1 Å². The van der Waals surface area contributed by atoms with Gasteiger partial charge in [-0.25, -0.2) is 0 Å². The molecule has 6 heteroatoms. The van der Waals surface area contributed by atoms with Gasteiger partial charge in [0.1, 0.15) is 0 Å². The van der Waals surface area contributed by atoms with Crippen molar-refractivity contribution in [1.82, 2.24) is 4.90 Å². The van der Waals surface area contributed by atoms with Crippen molar-refractivity contribution in [1.29, 1.82) is 0 Å². The SMILES string of the molecule is O=C1C(Cc2ccc(O)cc2)=NC2=[C]([Cd][c]3ccccc3)CN(c3ccccc3)CN12. The van der Waals surface area contributed by atoms with E-state index in [0.29, 0.717) is 18.8 Å². The van der Waals surface area contributed by atoms with E-state index in [-0.39, 0.29) is 11.7 Å². The van der Waals surface area contributed by atoms with E-state index in [2.05, 4.69) is 41.3 Å². The second-order valence-corrected chi connectivity index (χ2v) is 13.7. The number of carbonyl (C=O) groups is 1. The first-order valence-corrected chi connectivity index (χ1v) is 14.4. The third-order valence-corrected chi connectivity index (χ3v) is 11.0. The summed E-state index contributed by atoms with van der Waals surface area (Å²) in [4.78, 5) is 22.3. The molecule has 1 N–H and O–H groups in total. The first kappa shape index (κ1) is 20.0.